The van der Waals surface area contributed by atoms with Crippen molar-refractivity contribution in [3.05, 3.63) is 28.5 Å². The SMILES string of the molecule is O=C(O)c1nc(CNC(=O)C(F)(F)F)ccc1Cl. The molecule has 1 aromatic heterocycles. The summed E-state index contributed by atoms with van der Waals surface area (Å²) < 4.78 is 35.6. The zero-order valence-corrected chi connectivity index (χ0v) is 9.34. The minimum Gasteiger partial charge on any atom is -0.476 e. The van der Waals surface area contributed by atoms with Gasteiger partial charge in [-0.25, -0.2) is 9.78 Å². The molecule has 0 fully saturated rings. The van der Waals surface area contributed by atoms with Crippen LogP contribution in [0.5, 0.6) is 0 Å². The second-order valence-electron chi connectivity index (χ2n) is 3.12. The summed E-state index contributed by atoms with van der Waals surface area (Å²) in [7, 11) is 0. The molecule has 1 aromatic rings. The largest absolute Gasteiger partial charge is 0.476 e. The topological polar surface area (TPSA) is 79.3 Å². The number of carbonyl (C=O) groups excluding carboxylic acids is 1. The van der Waals surface area contributed by atoms with Crippen molar-refractivity contribution in [1.29, 1.82) is 0 Å². The van der Waals surface area contributed by atoms with Crippen LogP contribution in [0.1, 0.15) is 16.2 Å². The second-order valence-corrected chi connectivity index (χ2v) is 3.53. The number of alkyl halides is 3. The normalized spacial score (nSPS) is 11.1. The van der Waals surface area contributed by atoms with Crippen LogP contribution >= 0.6 is 11.6 Å². The molecular formula is C9H6ClF3N2O3. The van der Waals surface area contributed by atoms with Crippen molar-refractivity contribution >= 4 is 23.5 Å². The number of nitrogens with zero attached hydrogens (tertiary/aromatic N) is 1. The molecule has 98 valence electrons. The van der Waals surface area contributed by atoms with Crippen LogP contribution in [0.2, 0.25) is 5.02 Å². The summed E-state index contributed by atoms with van der Waals surface area (Å²) in [5.74, 6) is -3.54. The molecule has 1 heterocycles. The van der Waals surface area contributed by atoms with Crippen molar-refractivity contribution in [2.24, 2.45) is 0 Å². The fourth-order valence-corrected chi connectivity index (χ4v) is 1.19. The van der Waals surface area contributed by atoms with Gasteiger partial charge in [0.1, 0.15) is 0 Å². The Kier molecular flexibility index (Phi) is 4.12. The first-order valence-electron chi connectivity index (χ1n) is 4.45. The molecule has 0 saturated heterocycles. The molecule has 2 N–H and O–H groups in total. The van der Waals surface area contributed by atoms with E-state index in [4.69, 9.17) is 16.7 Å². The Hall–Kier alpha value is -1.83. The molecular weight excluding hydrogens is 277 g/mol. The molecule has 9 heteroatoms. The first-order chi connectivity index (χ1) is 8.21. The molecule has 5 nitrogen and oxygen atoms in total. The Bertz CT molecular complexity index is 490. The van der Waals surface area contributed by atoms with E-state index in [1.54, 1.807) is 5.32 Å². The lowest BCUT2D eigenvalue weighted by Crippen LogP contribution is -2.36. The number of carboxylic acid groups (broad SMARTS) is 1. The van der Waals surface area contributed by atoms with E-state index in [9.17, 15) is 22.8 Å². The summed E-state index contributed by atoms with van der Waals surface area (Å²) in [6.07, 6.45) is -5.00. The van der Waals surface area contributed by atoms with Crippen LogP contribution in [-0.2, 0) is 11.3 Å². The lowest BCUT2D eigenvalue weighted by atomic mass is 10.3. The van der Waals surface area contributed by atoms with E-state index in [0.29, 0.717) is 0 Å². The van der Waals surface area contributed by atoms with Crippen molar-refractivity contribution in [3.8, 4) is 0 Å². The number of halogens is 4. The molecule has 0 unspecified atom stereocenters. The number of aromatic carboxylic acids is 1. The smallest absolute Gasteiger partial charge is 0.471 e. The molecule has 0 aromatic carbocycles. The van der Waals surface area contributed by atoms with Gasteiger partial charge in [-0.1, -0.05) is 11.6 Å². The lowest BCUT2D eigenvalue weighted by Gasteiger charge is -2.08. The number of rotatable bonds is 3. The maximum Gasteiger partial charge on any atom is 0.471 e. The lowest BCUT2D eigenvalue weighted by molar-refractivity contribution is -0.173. The van der Waals surface area contributed by atoms with Crippen molar-refractivity contribution in [3.63, 3.8) is 0 Å². The zero-order chi connectivity index (χ0) is 13.9. The monoisotopic (exact) mass is 282 g/mol. The van der Waals surface area contributed by atoms with Crippen LogP contribution in [0.25, 0.3) is 0 Å². The van der Waals surface area contributed by atoms with Crippen LogP contribution in [0.3, 0.4) is 0 Å². The average Bonchev–Trinajstić information content (AvgIpc) is 2.25. The molecule has 0 aliphatic rings. The highest BCUT2D eigenvalue weighted by molar-refractivity contribution is 6.33. The second kappa shape index (κ2) is 5.21. The van der Waals surface area contributed by atoms with Crippen molar-refractivity contribution < 1.29 is 27.9 Å². The zero-order valence-electron chi connectivity index (χ0n) is 8.58. The number of pyridine rings is 1. The van der Waals surface area contributed by atoms with Gasteiger partial charge in [0.2, 0.25) is 0 Å². The number of nitrogens with one attached hydrogen (secondary N) is 1. The maximum absolute atomic E-state index is 11.9. The molecule has 0 spiro atoms. The van der Waals surface area contributed by atoms with Crippen molar-refractivity contribution in [2.45, 2.75) is 12.7 Å². The first kappa shape index (κ1) is 14.2. The van der Waals surface area contributed by atoms with Crippen LogP contribution in [0, 0.1) is 0 Å². The molecule has 0 bridgehead atoms. The number of carboxylic acids is 1. The Morgan fingerprint density at radius 1 is 1.39 bits per heavy atom. The van der Waals surface area contributed by atoms with Crippen LogP contribution in [0.4, 0.5) is 13.2 Å². The summed E-state index contributed by atoms with van der Waals surface area (Å²) in [5, 5.41) is 10.1. The first-order valence-corrected chi connectivity index (χ1v) is 4.83. The van der Waals surface area contributed by atoms with Crippen molar-refractivity contribution in [2.75, 3.05) is 0 Å². The molecule has 0 atom stereocenters. The standard InChI is InChI=1S/C9H6ClF3N2O3/c10-5-2-1-4(15-6(5)7(16)17)3-14-8(18)9(11,12)13/h1-2H,3H2,(H,14,18)(H,16,17). The van der Waals surface area contributed by atoms with Gasteiger partial charge in [0.15, 0.2) is 5.69 Å². The Balaban J connectivity index is 2.78. The van der Waals surface area contributed by atoms with Gasteiger partial charge in [0.25, 0.3) is 0 Å². The van der Waals surface area contributed by atoms with E-state index in [1.165, 1.54) is 12.1 Å². The minimum absolute atomic E-state index is 0.0469. The number of hydrogen-bond donors (Lipinski definition) is 2. The predicted octanol–water partition coefficient (Wildman–Crippen LogP) is 1.61. The molecule has 18 heavy (non-hydrogen) atoms. The molecule has 0 radical (unpaired) electrons. The number of aromatic nitrogens is 1. The average molecular weight is 283 g/mol. The fourth-order valence-electron chi connectivity index (χ4n) is 1.00. The highest BCUT2D eigenvalue weighted by Crippen LogP contribution is 2.16. The maximum atomic E-state index is 11.9. The van der Waals surface area contributed by atoms with Gasteiger partial charge >= 0.3 is 18.1 Å². The van der Waals surface area contributed by atoms with Gasteiger partial charge in [-0.15, -0.1) is 0 Å². The van der Waals surface area contributed by atoms with Gasteiger partial charge in [-0.05, 0) is 12.1 Å². The third kappa shape index (κ3) is 3.59. The predicted molar refractivity (Wildman–Crippen MR) is 54.1 cm³/mol. The van der Waals surface area contributed by atoms with E-state index in [2.05, 4.69) is 4.98 Å². The van der Waals surface area contributed by atoms with Crippen molar-refractivity contribution in [1.82, 2.24) is 10.3 Å². The number of carbonyl (C=O) groups is 2. The fraction of sp³-hybridized carbons (Fsp3) is 0.222. The van der Waals surface area contributed by atoms with Gasteiger partial charge in [-0.3, -0.25) is 4.79 Å². The summed E-state index contributed by atoms with van der Waals surface area (Å²) in [4.78, 5) is 24.7. The summed E-state index contributed by atoms with van der Waals surface area (Å²) in [6.45, 7) is -0.546. The minimum atomic E-state index is -5.00. The molecule has 1 rings (SSSR count). The molecule has 0 aliphatic carbocycles. The van der Waals surface area contributed by atoms with E-state index in [-0.39, 0.29) is 10.7 Å². The summed E-state index contributed by atoms with van der Waals surface area (Å²) >= 11 is 5.52. The van der Waals surface area contributed by atoms with Gasteiger partial charge in [0.05, 0.1) is 17.3 Å². The van der Waals surface area contributed by atoms with Gasteiger partial charge in [0, 0.05) is 0 Å². The third-order valence-corrected chi connectivity index (χ3v) is 2.10. The highest BCUT2D eigenvalue weighted by Gasteiger charge is 2.38. The van der Waals surface area contributed by atoms with Gasteiger partial charge < -0.3 is 10.4 Å². The highest BCUT2D eigenvalue weighted by atomic mass is 35.5. The quantitative estimate of drug-likeness (QED) is 0.883. The Morgan fingerprint density at radius 2 is 2.00 bits per heavy atom. The Morgan fingerprint density at radius 3 is 2.50 bits per heavy atom. The van der Waals surface area contributed by atoms with Crippen LogP contribution in [-0.4, -0.2) is 28.1 Å². The van der Waals surface area contributed by atoms with Crippen LogP contribution < -0.4 is 5.32 Å². The van der Waals surface area contributed by atoms with E-state index < -0.39 is 30.3 Å². The Labute approximate surface area is 104 Å². The van der Waals surface area contributed by atoms with E-state index in [1.807, 2.05) is 0 Å². The summed E-state index contributed by atoms with van der Waals surface area (Å²) in [5.41, 5.74) is -0.537. The molecule has 0 saturated carbocycles. The van der Waals surface area contributed by atoms with E-state index in [0.717, 1.165) is 0 Å². The molecule has 0 aliphatic heterocycles. The van der Waals surface area contributed by atoms with E-state index >= 15 is 0 Å². The van der Waals surface area contributed by atoms with Gasteiger partial charge in [-0.2, -0.15) is 13.2 Å². The number of amides is 1. The summed E-state index contributed by atoms with van der Waals surface area (Å²) in [6, 6.07) is 2.39. The number of hydrogen-bond acceptors (Lipinski definition) is 3. The third-order valence-electron chi connectivity index (χ3n) is 1.79. The van der Waals surface area contributed by atoms with Crippen LogP contribution in [0.15, 0.2) is 12.1 Å². The molecule has 1 amide bonds.